The van der Waals surface area contributed by atoms with Gasteiger partial charge in [0.15, 0.2) is 17.3 Å². The Hall–Kier alpha value is -3.39. The van der Waals surface area contributed by atoms with Gasteiger partial charge in [-0.25, -0.2) is 0 Å². The van der Waals surface area contributed by atoms with Crippen LogP contribution in [0.4, 0.5) is 0 Å². The Morgan fingerprint density at radius 3 is 2.29 bits per heavy atom. The summed E-state index contributed by atoms with van der Waals surface area (Å²) in [5.74, 6) is -1.18. The summed E-state index contributed by atoms with van der Waals surface area (Å²) in [6.07, 6.45) is 0.666. The van der Waals surface area contributed by atoms with E-state index >= 15 is 0 Å². The number of amides is 1. The summed E-state index contributed by atoms with van der Waals surface area (Å²) < 4.78 is 16.4. The summed E-state index contributed by atoms with van der Waals surface area (Å²) in [5, 5.41) is 0. The van der Waals surface area contributed by atoms with Crippen LogP contribution in [0.3, 0.4) is 0 Å². The van der Waals surface area contributed by atoms with Crippen molar-refractivity contribution in [3.05, 3.63) is 53.1 Å². The summed E-state index contributed by atoms with van der Waals surface area (Å²) in [4.78, 5) is 43.6. The van der Waals surface area contributed by atoms with Crippen molar-refractivity contribution >= 4 is 17.5 Å². The third-order valence-corrected chi connectivity index (χ3v) is 6.20. The van der Waals surface area contributed by atoms with Crippen LogP contribution in [0.2, 0.25) is 0 Å². The highest BCUT2D eigenvalue weighted by Gasteiger charge is 2.51. The lowest BCUT2D eigenvalue weighted by Crippen LogP contribution is -2.33. The maximum absolute atomic E-state index is 13.7. The molecular formula is C27H34N2O6. The number of rotatable bonds is 11. The molecule has 0 saturated carbocycles. The molecule has 35 heavy (non-hydrogen) atoms. The molecular weight excluding hydrogens is 448 g/mol. The van der Waals surface area contributed by atoms with Gasteiger partial charge in [0, 0.05) is 12.1 Å². The van der Waals surface area contributed by atoms with Gasteiger partial charge in [0.25, 0.3) is 5.91 Å². The summed E-state index contributed by atoms with van der Waals surface area (Å²) in [6, 6.07) is 9.59. The second-order valence-electron chi connectivity index (χ2n) is 8.83. The number of Topliss-reactive ketones (excluding diaryl/α,β-unsaturated/α-hetero) is 2. The summed E-state index contributed by atoms with van der Waals surface area (Å²) in [6.45, 7) is 5.27. The number of ketones is 2. The van der Waals surface area contributed by atoms with Crippen LogP contribution in [-0.2, 0) is 9.59 Å². The lowest BCUT2D eigenvalue weighted by Gasteiger charge is -2.28. The van der Waals surface area contributed by atoms with Crippen LogP contribution in [-0.4, -0.2) is 75.3 Å². The van der Waals surface area contributed by atoms with Gasteiger partial charge in [-0.1, -0.05) is 6.07 Å². The molecule has 0 aliphatic carbocycles. The number of nitrogens with zero attached hydrogens (tertiary/aromatic N) is 2. The Balaban J connectivity index is 2.06. The molecule has 3 rings (SSSR count). The molecule has 0 aromatic heterocycles. The normalized spacial score (nSPS) is 17.7. The van der Waals surface area contributed by atoms with Crippen molar-refractivity contribution in [2.24, 2.45) is 5.92 Å². The molecule has 1 amide bonds. The Kier molecular flexibility index (Phi) is 8.51. The quantitative estimate of drug-likeness (QED) is 0.276. The van der Waals surface area contributed by atoms with E-state index in [9.17, 15) is 14.4 Å². The van der Waals surface area contributed by atoms with Crippen molar-refractivity contribution in [2.45, 2.75) is 26.3 Å². The SMILES string of the molecule is CCOc1ccc(C2C(C(=O)c3ccc(OC)c(C)c3)C(=O)C(=O)N2CCCN(C)C)cc1OC. The zero-order valence-corrected chi connectivity index (χ0v) is 21.3. The minimum absolute atomic E-state index is 0.356. The number of aryl methyl sites for hydroxylation is 1. The molecule has 1 heterocycles. The van der Waals surface area contributed by atoms with Crippen molar-refractivity contribution < 1.29 is 28.6 Å². The first-order valence-corrected chi connectivity index (χ1v) is 11.7. The lowest BCUT2D eigenvalue weighted by atomic mass is 9.85. The molecule has 2 unspecified atom stereocenters. The predicted octanol–water partition coefficient (Wildman–Crippen LogP) is 3.31. The topological polar surface area (TPSA) is 85.4 Å². The van der Waals surface area contributed by atoms with Gasteiger partial charge in [-0.3, -0.25) is 14.4 Å². The predicted molar refractivity (Wildman–Crippen MR) is 132 cm³/mol. The Morgan fingerprint density at radius 2 is 1.69 bits per heavy atom. The molecule has 1 aliphatic heterocycles. The molecule has 0 bridgehead atoms. The highest BCUT2D eigenvalue weighted by atomic mass is 16.5. The zero-order chi connectivity index (χ0) is 25.7. The molecule has 0 spiro atoms. The Morgan fingerprint density at radius 1 is 1.00 bits per heavy atom. The van der Waals surface area contributed by atoms with Crippen molar-refractivity contribution in [3.8, 4) is 17.2 Å². The highest BCUT2D eigenvalue weighted by molar-refractivity contribution is 6.44. The summed E-state index contributed by atoms with van der Waals surface area (Å²) >= 11 is 0. The average molecular weight is 483 g/mol. The number of ether oxygens (including phenoxy) is 3. The number of carbonyl (C=O) groups is 3. The molecule has 2 aromatic rings. The molecule has 8 nitrogen and oxygen atoms in total. The van der Waals surface area contributed by atoms with Gasteiger partial charge in [-0.15, -0.1) is 0 Å². The van der Waals surface area contributed by atoms with Crippen LogP contribution in [0.15, 0.2) is 36.4 Å². The van der Waals surface area contributed by atoms with Gasteiger partial charge in [0.05, 0.1) is 26.9 Å². The number of hydrogen-bond acceptors (Lipinski definition) is 7. The number of methoxy groups -OCH3 is 2. The van der Waals surface area contributed by atoms with E-state index in [0.717, 1.165) is 12.1 Å². The first-order valence-electron chi connectivity index (χ1n) is 11.7. The second kappa shape index (κ2) is 11.4. The third kappa shape index (κ3) is 5.48. The van der Waals surface area contributed by atoms with E-state index in [2.05, 4.69) is 0 Å². The zero-order valence-electron chi connectivity index (χ0n) is 21.3. The third-order valence-electron chi connectivity index (χ3n) is 6.20. The Labute approximate surface area is 206 Å². The van der Waals surface area contributed by atoms with Gasteiger partial charge in [-0.2, -0.15) is 0 Å². The van der Waals surface area contributed by atoms with Gasteiger partial charge in [-0.05, 0) is 82.4 Å². The lowest BCUT2D eigenvalue weighted by molar-refractivity contribution is -0.140. The van der Waals surface area contributed by atoms with E-state index in [1.807, 2.05) is 32.8 Å². The molecule has 0 N–H and O–H groups in total. The number of likely N-dealkylation sites (tertiary alicyclic amines) is 1. The average Bonchev–Trinajstić information content (AvgIpc) is 3.08. The first-order chi connectivity index (χ1) is 16.7. The van der Waals surface area contributed by atoms with Crippen molar-refractivity contribution in [3.63, 3.8) is 0 Å². The van der Waals surface area contributed by atoms with Crippen LogP contribution in [0.5, 0.6) is 17.2 Å². The number of hydrogen-bond donors (Lipinski definition) is 0. The van der Waals surface area contributed by atoms with E-state index in [-0.39, 0.29) is 5.78 Å². The molecule has 8 heteroatoms. The van der Waals surface area contributed by atoms with Gasteiger partial charge in [0.2, 0.25) is 5.78 Å². The standard InChI is InChI=1S/C27H34N2O6/c1-7-35-21-12-9-18(16-22(21)34-6)24-23(25(30)19-10-11-20(33-5)17(2)15-19)26(31)27(32)29(24)14-8-13-28(3)4/h9-12,15-16,23-24H,7-8,13-14H2,1-6H3. The van der Waals surface area contributed by atoms with E-state index in [4.69, 9.17) is 14.2 Å². The summed E-state index contributed by atoms with van der Waals surface area (Å²) in [7, 11) is 6.99. The van der Waals surface area contributed by atoms with E-state index in [0.29, 0.717) is 47.9 Å². The molecule has 2 atom stereocenters. The fourth-order valence-electron chi connectivity index (χ4n) is 4.51. The minimum atomic E-state index is -1.16. The van der Waals surface area contributed by atoms with Gasteiger partial charge in [0.1, 0.15) is 11.7 Å². The van der Waals surface area contributed by atoms with E-state index in [1.54, 1.807) is 43.5 Å². The fourth-order valence-corrected chi connectivity index (χ4v) is 4.51. The minimum Gasteiger partial charge on any atom is -0.496 e. The van der Waals surface area contributed by atoms with Crippen molar-refractivity contribution in [2.75, 3.05) is 48.0 Å². The van der Waals surface area contributed by atoms with Gasteiger partial charge < -0.3 is 24.0 Å². The van der Waals surface area contributed by atoms with E-state index < -0.39 is 23.7 Å². The highest BCUT2D eigenvalue weighted by Crippen LogP contribution is 2.41. The summed E-state index contributed by atoms with van der Waals surface area (Å²) in [5.41, 5.74) is 1.79. The Bertz CT molecular complexity index is 1100. The number of benzene rings is 2. The van der Waals surface area contributed by atoms with Crippen LogP contribution in [0.25, 0.3) is 0 Å². The molecule has 2 aromatic carbocycles. The molecule has 188 valence electrons. The molecule has 1 saturated heterocycles. The largest absolute Gasteiger partial charge is 0.496 e. The second-order valence-corrected chi connectivity index (χ2v) is 8.83. The van der Waals surface area contributed by atoms with Crippen LogP contribution < -0.4 is 14.2 Å². The van der Waals surface area contributed by atoms with Crippen molar-refractivity contribution in [1.82, 2.24) is 9.80 Å². The van der Waals surface area contributed by atoms with E-state index in [1.165, 1.54) is 12.0 Å². The first kappa shape index (κ1) is 26.2. The fraction of sp³-hybridized carbons (Fsp3) is 0.444. The van der Waals surface area contributed by atoms with Crippen LogP contribution in [0, 0.1) is 12.8 Å². The molecule has 1 aliphatic rings. The molecule has 1 fully saturated rings. The maximum Gasteiger partial charge on any atom is 0.291 e. The number of carbonyl (C=O) groups excluding carboxylic acids is 3. The molecule has 0 radical (unpaired) electrons. The van der Waals surface area contributed by atoms with Gasteiger partial charge >= 0.3 is 0 Å². The van der Waals surface area contributed by atoms with Crippen LogP contribution in [0.1, 0.15) is 40.9 Å². The monoisotopic (exact) mass is 482 g/mol. The maximum atomic E-state index is 13.7. The van der Waals surface area contributed by atoms with Crippen molar-refractivity contribution in [1.29, 1.82) is 0 Å². The van der Waals surface area contributed by atoms with Crippen LogP contribution >= 0.6 is 0 Å². The smallest absolute Gasteiger partial charge is 0.291 e.